The summed E-state index contributed by atoms with van der Waals surface area (Å²) in [7, 11) is 0. The van der Waals surface area contributed by atoms with E-state index < -0.39 is 0 Å². The average molecular weight is 195 g/mol. The summed E-state index contributed by atoms with van der Waals surface area (Å²) in [5.41, 5.74) is -0.0279. The van der Waals surface area contributed by atoms with Crippen LogP contribution in [0.15, 0.2) is 16.7 Å². The highest BCUT2D eigenvalue weighted by atomic mass is 16.5. The zero-order valence-corrected chi connectivity index (χ0v) is 8.80. The van der Waals surface area contributed by atoms with Crippen LogP contribution >= 0.6 is 0 Å². The first-order chi connectivity index (χ1) is 6.70. The minimum absolute atomic E-state index is 0.0279. The third kappa shape index (κ3) is 1.93. The summed E-state index contributed by atoms with van der Waals surface area (Å²) in [5.74, 6) is 1.75. The molecule has 3 heteroatoms. The lowest BCUT2D eigenvalue weighted by Gasteiger charge is -2.34. The topological polar surface area (TPSA) is 34.4 Å². The number of hydrogen-bond acceptors (Lipinski definition) is 3. The predicted molar refractivity (Wildman–Crippen MR) is 54.6 cm³/mol. The van der Waals surface area contributed by atoms with Crippen molar-refractivity contribution in [3.8, 4) is 5.75 Å². The summed E-state index contributed by atoms with van der Waals surface area (Å²) < 4.78 is 11.2. The molecular weight excluding hydrogens is 178 g/mol. The number of hydrogen-bond donors (Lipinski definition) is 1. The molecule has 1 aromatic rings. The van der Waals surface area contributed by atoms with Crippen molar-refractivity contribution in [1.82, 2.24) is 5.32 Å². The third-order valence-corrected chi connectivity index (χ3v) is 2.83. The van der Waals surface area contributed by atoms with Gasteiger partial charge in [-0.2, -0.15) is 0 Å². The molecule has 1 aliphatic rings. The number of piperidine rings is 1. The summed E-state index contributed by atoms with van der Waals surface area (Å²) in [4.78, 5) is 0. The second-order valence-corrected chi connectivity index (χ2v) is 4.14. The van der Waals surface area contributed by atoms with Gasteiger partial charge in [0.25, 0.3) is 0 Å². The van der Waals surface area contributed by atoms with Crippen molar-refractivity contribution in [2.45, 2.75) is 32.3 Å². The Kier molecular flexibility index (Phi) is 2.50. The van der Waals surface area contributed by atoms with E-state index in [1.54, 1.807) is 6.26 Å². The second-order valence-electron chi connectivity index (χ2n) is 4.14. The van der Waals surface area contributed by atoms with Gasteiger partial charge in [0.1, 0.15) is 11.4 Å². The fraction of sp³-hybridized carbons (Fsp3) is 0.636. The van der Waals surface area contributed by atoms with Gasteiger partial charge in [0.05, 0.1) is 6.26 Å². The van der Waals surface area contributed by atoms with Crippen LogP contribution in [0.25, 0.3) is 0 Å². The Labute approximate surface area is 84.4 Å². The average Bonchev–Trinajstić information content (AvgIpc) is 2.52. The molecule has 1 aliphatic heterocycles. The van der Waals surface area contributed by atoms with Crippen LogP contribution in [0.5, 0.6) is 5.75 Å². The Bertz CT molecular complexity index is 300. The Morgan fingerprint density at radius 2 is 2.14 bits per heavy atom. The van der Waals surface area contributed by atoms with Gasteiger partial charge in [-0.25, -0.2) is 0 Å². The van der Waals surface area contributed by atoms with E-state index in [2.05, 4.69) is 12.2 Å². The highest BCUT2D eigenvalue weighted by Gasteiger charge is 2.29. The highest BCUT2D eigenvalue weighted by molar-refractivity contribution is 5.24. The Balaban J connectivity index is 2.05. The van der Waals surface area contributed by atoms with Crippen LogP contribution in [0.4, 0.5) is 0 Å². The SMILES string of the molecule is Cc1occc1OC1(C)CCNCC1. The Hall–Kier alpha value is -0.960. The lowest BCUT2D eigenvalue weighted by atomic mass is 9.94. The second kappa shape index (κ2) is 3.65. The first-order valence-corrected chi connectivity index (χ1v) is 5.13. The van der Waals surface area contributed by atoms with Gasteiger partial charge in [-0.05, 0) is 39.8 Å². The van der Waals surface area contributed by atoms with Crippen molar-refractivity contribution >= 4 is 0 Å². The smallest absolute Gasteiger partial charge is 0.161 e. The predicted octanol–water partition coefficient (Wildman–Crippen LogP) is 2.11. The molecule has 0 spiro atoms. The molecule has 1 saturated heterocycles. The first kappa shape index (κ1) is 9.59. The van der Waals surface area contributed by atoms with Gasteiger partial charge in [-0.15, -0.1) is 0 Å². The molecule has 78 valence electrons. The molecule has 0 bridgehead atoms. The number of aryl methyl sites for hydroxylation is 1. The van der Waals surface area contributed by atoms with Gasteiger partial charge in [0, 0.05) is 6.07 Å². The molecule has 0 aliphatic carbocycles. The number of nitrogens with one attached hydrogen (secondary N) is 1. The Morgan fingerprint density at radius 3 is 2.71 bits per heavy atom. The van der Waals surface area contributed by atoms with Gasteiger partial charge < -0.3 is 14.5 Å². The van der Waals surface area contributed by atoms with Crippen LogP contribution in [-0.4, -0.2) is 18.7 Å². The van der Waals surface area contributed by atoms with Crippen LogP contribution < -0.4 is 10.1 Å². The van der Waals surface area contributed by atoms with Crippen molar-refractivity contribution in [3.63, 3.8) is 0 Å². The van der Waals surface area contributed by atoms with Gasteiger partial charge in [0.2, 0.25) is 0 Å². The van der Waals surface area contributed by atoms with E-state index in [0.29, 0.717) is 0 Å². The molecule has 0 unspecified atom stereocenters. The van der Waals surface area contributed by atoms with E-state index in [1.807, 2.05) is 13.0 Å². The van der Waals surface area contributed by atoms with Crippen molar-refractivity contribution in [1.29, 1.82) is 0 Å². The molecule has 0 saturated carbocycles. The van der Waals surface area contributed by atoms with Crippen molar-refractivity contribution in [2.75, 3.05) is 13.1 Å². The lowest BCUT2D eigenvalue weighted by molar-refractivity contribution is 0.0539. The molecule has 2 heterocycles. The maximum atomic E-state index is 5.98. The minimum Gasteiger partial charge on any atom is -0.484 e. The summed E-state index contributed by atoms with van der Waals surface area (Å²) in [6.45, 7) is 6.17. The molecule has 1 N–H and O–H groups in total. The quantitative estimate of drug-likeness (QED) is 0.784. The van der Waals surface area contributed by atoms with Gasteiger partial charge in [-0.1, -0.05) is 0 Å². The maximum absolute atomic E-state index is 5.98. The summed E-state index contributed by atoms with van der Waals surface area (Å²) >= 11 is 0. The zero-order valence-electron chi connectivity index (χ0n) is 8.80. The van der Waals surface area contributed by atoms with E-state index in [4.69, 9.17) is 9.15 Å². The van der Waals surface area contributed by atoms with Crippen molar-refractivity contribution in [3.05, 3.63) is 18.1 Å². The monoisotopic (exact) mass is 195 g/mol. The lowest BCUT2D eigenvalue weighted by Crippen LogP contribution is -2.43. The molecule has 1 fully saturated rings. The summed E-state index contributed by atoms with van der Waals surface area (Å²) in [6, 6.07) is 1.89. The molecular formula is C11H17NO2. The number of rotatable bonds is 2. The molecule has 3 nitrogen and oxygen atoms in total. The van der Waals surface area contributed by atoms with E-state index in [1.165, 1.54) is 0 Å². The van der Waals surface area contributed by atoms with Crippen LogP contribution in [-0.2, 0) is 0 Å². The van der Waals surface area contributed by atoms with Gasteiger partial charge in [0.15, 0.2) is 5.75 Å². The van der Waals surface area contributed by atoms with Crippen LogP contribution in [0.2, 0.25) is 0 Å². The molecule has 0 atom stereocenters. The van der Waals surface area contributed by atoms with Crippen LogP contribution in [0.1, 0.15) is 25.5 Å². The Morgan fingerprint density at radius 1 is 1.43 bits per heavy atom. The van der Waals surface area contributed by atoms with Crippen molar-refractivity contribution < 1.29 is 9.15 Å². The maximum Gasteiger partial charge on any atom is 0.161 e. The molecule has 0 amide bonds. The van der Waals surface area contributed by atoms with Crippen LogP contribution in [0, 0.1) is 6.92 Å². The first-order valence-electron chi connectivity index (χ1n) is 5.13. The molecule has 2 rings (SSSR count). The molecule has 0 aromatic carbocycles. The minimum atomic E-state index is -0.0279. The van der Waals surface area contributed by atoms with Gasteiger partial charge >= 0.3 is 0 Å². The molecule has 14 heavy (non-hydrogen) atoms. The van der Waals surface area contributed by atoms with E-state index in [9.17, 15) is 0 Å². The third-order valence-electron chi connectivity index (χ3n) is 2.83. The molecule has 1 aromatic heterocycles. The number of furan rings is 1. The standard InChI is InChI=1S/C11H17NO2/c1-9-10(3-8-13-9)14-11(2)4-6-12-7-5-11/h3,8,12H,4-7H2,1-2H3. The largest absolute Gasteiger partial charge is 0.484 e. The molecule has 0 radical (unpaired) electrons. The van der Waals surface area contributed by atoms with Crippen molar-refractivity contribution in [2.24, 2.45) is 0 Å². The normalized spacial score (nSPS) is 20.7. The van der Waals surface area contributed by atoms with E-state index in [-0.39, 0.29) is 5.60 Å². The fourth-order valence-corrected chi connectivity index (χ4v) is 1.80. The van der Waals surface area contributed by atoms with E-state index >= 15 is 0 Å². The van der Waals surface area contributed by atoms with Gasteiger partial charge in [-0.3, -0.25) is 0 Å². The summed E-state index contributed by atoms with van der Waals surface area (Å²) in [5, 5.41) is 3.33. The zero-order chi connectivity index (χ0) is 10.0. The summed E-state index contributed by atoms with van der Waals surface area (Å²) in [6.07, 6.45) is 3.78. The fourth-order valence-electron chi connectivity index (χ4n) is 1.80. The van der Waals surface area contributed by atoms with E-state index in [0.717, 1.165) is 37.4 Å². The number of ether oxygens (including phenoxy) is 1. The highest BCUT2D eigenvalue weighted by Crippen LogP contribution is 2.28. The van der Waals surface area contributed by atoms with Crippen LogP contribution in [0.3, 0.4) is 0 Å².